The first-order valence-electron chi connectivity index (χ1n) is 9.55. The molecule has 3 aromatic carbocycles. The third-order valence-electron chi connectivity index (χ3n) is 4.69. The van der Waals surface area contributed by atoms with Crippen LogP contribution in [0.1, 0.15) is 11.1 Å². The molecule has 0 aliphatic heterocycles. The molecule has 0 radical (unpaired) electrons. The zero-order chi connectivity index (χ0) is 22.4. The predicted molar refractivity (Wildman–Crippen MR) is 122 cm³/mol. The van der Waals surface area contributed by atoms with E-state index in [4.69, 9.17) is 16.3 Å². The van der Waals surface area contributed by atoms with Crippen molar-refractivity contribution in [2.75, 3.05) is 18.0 Å². The van der Waals surface area contributed by atoms with Crippen LogP contribution in [0.5, 0.6) is 5.75 Å². The van der Waals surface area contributed by atoms with Gasteiger partial charge >= 0.3 is 0 Å². The lowest BCUT2D eigenvalue weighted by molar-refractivity contribution is -0.119. The number of hydrogen-bond donors (Lipinski definition) is 1. The summed E-state index contributed by atoms with van der Waals surface area (Å²) in [5, 5.41) is 3.27. The average Bonchev–Trinajstić information content (AvgIpc) is 2.77. The fraction of sp³-hybridized carbons (Fsp3) is 0.174. The van der Waals surface area contributed by atoms with Crippen LogP contribution in [0.15, 0.2) is 77.7 Å². The molecule has 0 fully saturated rings. The van der Waals surface area contributed by atoms with Gasteiger partial charge in [0.25, 0.3) is 10.0 Å². The number of hydrogen-bond acceptors (Lipinski definition) is 4. The first-order chi connectivity index (χ1) is 14.8. The van der Waals surface area contributed by atoms with Gasteiger partial charge in [-0.2, -0.15) is 0 Å². The molecule has 3 rings (SSSR count). The number of amides is 1. The minimum Gasteiger partial charge on any atom is -0.497 e. The normalized spacial score (nSPS) is 11.1. The molecule has 1 N–H and O–H groups in total. The molecule has 162 valence electrons. The number of nitrogens with one attached hydrogen (secondary N) is 1. The van der Waals surface area contributed by atoms with E-state index in [1.54, 1.807) is 54.6 Å². The minimum atomic E-state index is -3.97. The van der Waals surface area contributed by atoms with E-state index >= 15 is 0 Å². The Bertz CT molecular complexity index is 1150. The van der Waals surface area contributed by atoms with E-state index in [9.17, 15) is 13.2 Å². The standard InChI is InChI=1S/C23H23ClN2O4S/c1-17-7-13-21(14-8-17)31(28,29)26(19-9-11-20(30-2)12-10-19)16-23(27)25-15-18-5-3-4-6-22(18)24/h3-14H,15-16H2,1-2H3,(H,25,27). The van der Waals surface area contributed by atoms with Gasteiger partial charge < -0.3 is 10.1 Å². The van der Waals surface area contributed by atoms with E-state index in [1.807, 2.05) is 13.0 Å². The molecule has 1 amide bonds. The van der Waals surface area contributed by atoms with Crippen molar-refractivity contribution in [1.82, 2.24) is 5.32 Å². The number of halogens is 1. The summed E-state index contributed by atoms with van der Waals surface area (Å²) in [5.74, 6) is 0.131. The Hall–Kier alpha value is -3.03. The smallest absolute Gasteiger partial charge is 0.264 e. The van der Waals surface area contributed by atoms with Crippen LogP contribution in [0.3, 0.4) is 0 Å². The highest BCUT2D eigenvalue weighted by Crippen LogP contribution is 2.26. The van der Waals surface area contributed by atoms with Gasteiger partial charge in [-0.25, -0.2) is 8.42 Å². The Morgan fingerprint density at radius 3 is 2.26 bits per heavy atom. The molecule has 0 spiro atoms. The van der Waals surface area contributed by atoms with Crippen LogP contribution < -0.4 is 14.4 Å². The van der Waals surface area contributed by atoms with Crippen molar-refractivity contribution in [3.05, 3.63) is 88.9 Å². The van der Waals surface area contributed by atoms with Gasteiger partial charge in [0.1, 0.15) is 12.3 Å². The molecule has 31 heavy (non-hydrogen) atoms. The number of nitrogens with zero attached hydrogens (tertiary/aromatic N) is 1. The number of rotatable bonds is 8. The first-order valence-corrected chi connectivity index (χ1v) is 11.4. The van der Waals surface area contributed by atoms with Gasteiger partial charge in [-0.1, -0.05) is 47.5 Å². The van der Waals surface area contributed by atoms with Crippen LogP contribution in [-0.2, 0) is 21.4 Å². The lowest BCUT2D eigenvalue weighted by Crippen LogP contribution is -2.40. The van der Waals surface area contributed by atoms with Crippen molar-refractivity contribution < 1.29 is 17.9 Å². The minimum absolute atomic E-state index is 0.104. The second kappa shape index (κ2) is 9.85. The molecule has 6 nitrogen and oxygen atoms in total. The summed E-state index contributed by atoms with van der Waals surface area (Å²) in [7, 11) is -2.45. The second-order valence-electron chi connectivity index (χ2n) is 6.89. The van der Waals surface area contributed by atoms with Crippen LogP contribution in [0.2, 0.25) is 5.02 Å². The van der Waals surface area contributed by atoms with Crippen LogP contribution in [0, 0.1) is 6.92 Å². The number of ether oxygens (including phenoxy) is 1. The highest BCUT2D eigenvalue weighted by atomic mass is 35.5. The van der Waals surface area contributed by atoms with E-state index < -0.39 is 15.9 Å². The topological polar surface area (TPSA) is 75.7 Å². The molecule has 0 atom stereocenters. The largest absolute Gasteiger partial charge is 0.497 e. The van der Waals surface area contributed by atoms with E-state index in [2.05, 4.69) is 5.32 Å². The Kier molecular flexibility index (Phi) is 7.20. The number of carbonyl (C=O) groups is 1. The van der Waals surface area contributed by atoms with Crippen LogP contribution in [0.4, 0.5) is 5.69 Å². The van der Waals surface area contributed by atoms with Crippen molar-refractivity contribution in [3.8, 4) is 5.75 Å². The third-order valence-corrected chi connectivity index (χ3v) is 6.85. The van der Waals surface area contributed by atoms with Crippen molar-refractivity contribution in [2.24, 2.45) is 0 Å². The highest BCUT2D eigenvalue weighted by Gasteiger charge is 2.27. The highest BCUT2D eigenvalue weighted by molar-refractivity contribution is 7.92. The Morgan fingerprint density at radius 2 is 1.65 bits per heavy atom. The molecule has 0 bridgehead atoms. The lowest BCUT2D eigenvalue weighted by atomic mass is 10.2. The Balaban J connectivity index is 1.87. The third kappa shape index (κ3) is 5.57. The van der Waals surface area contributed by atoms with Crippen LogP contribution in [-0.4, -0.2) is 28.0 Å². The zero-order valence-corrected chi connectivity index (χ0v) is 18.8. The Labute approximate surface area is 187 Å². The molecule has 0 aliphatic rings. The van der Waals surface area contributed by atoms with E-state index in [1.165, 1.54) is 19.2 Å². The van der Waals surface area contributed by atoms with Crippen molar-refractivity contribution in [2.45, 2.75) is 18.4 Å². The van der Waals surface area contributed by atoms with Gasteiger partial charge in [-0.15, -0.1) is 0 Å². The van der Waals surface area contributed by atoms with Gasteiger partial charge in [-0.3, -0.25) is 9.10 Å². The quantitative estimate of drug-likeness (QED) is 0.549. The SMILES string of the molecule is COc1ccc(N(CC(=O)NCc2ccccc2Cl)S(=O)(=O)c2ccc(C)cc2)cc1. The average molecular weight is 459 g/mol. The van der Waals surface area contributed by atoms with Crippen molar-refractivity contribution >= 4 is 33.2 Å². The fourth-order valence-electron chi connectivity index (χ4n) is 2.92. The number of sulfonamides is 1. The molecule has 0 saturated carbocycles. The zero-order valence-electron chi connectivity index (χ0n) is 17.2. The van der Waals surface area contributed by atoms with Gasteiger partial charge in [0.05, 0.1) is 17.7 Å². The van der Waals surface area contributed by atoms with Crippen LogP contribution in [0.25, 0.3) is 0 Å². The molecule has 0 heterocycles. The molecule has 8 heteroatoms. The molecule has 0 aliphatic carbocycles. The number of aryl methyl sites for hydroxylation is 1. The predicted octanol–water partition coefficient (Wildman–Crippen LogP) is 4.17. The van der Waals surface area contributed by atoms with Gasteiger partial charge in [-0.05, 0) is 55.0 Å². The number of anilines is 1. The molecular weight excluding hydrogens is 436 g/mol. The molecule has 0 aromatic heterocycles. The van der Waals surface area contributed by atoms with Crippen molar-refractivity contribution in [3.63, 3.8) is 0 Å². The van der Waals surface area contributed by atoms with Crippen LogP contribution >= 0.6 is 11.6 Å². The summed E-state index contributed by atoms with van der Waals surface area (Å²) in [5.41, 5.74) is 2.04. The number of carbonyl (C=O) groups excluding carboxylic acids is 1. The second-order valence-corrected chi connectivity index (χ2v) is 9.16. The molecule has 3 aromatic rings. The monoisotopic (exact) mass is 458 g/mol. The fourth-order valence-corrected chi connectivity index (χ4v) is 4.55. The van der Waals surface area contributed by atoms with E-state index in [0.29, 0.717) is 16.5 Å². The maximum atomic E-state index is 13.4. The number of benzene rings is 3. The summed E-state index contributed by atoms with van der Waals surface area (Å²) in [6.45, 7) is 1.69. The summed E-state index contributed by atoms with van der Waals surface area (Å²) in [4.78, 5) is 12.8. The Morgan fingerprint density at radius 1 is 1.00 bits per heavy atom. The number of methoxy groups -OCH3 is 1. The summed E-state index contributed by atoms with van der Waals surface area (Å²) < 4.78 is 32.9. The van der Waals surface area contributed by atoms with Gasteiger partial charge in [0.2, 0.25) is 5.91 Å². The first kappa shape index (κ1) is 22.7. The molecule has 0 unspecified atom stereocenters. The van der Waals surface area contributed by atoms with Gasteiger partial charge in [0.15, 0.2) is 0 Å². The van der Waals surface area contributed by atoms with Gasteiger partial charge in [0, 0.05) is 11.6 Å². The van der Waals surface area contributed by atoms with E-state index in [0.717, 1.165) is 15.4 Å². The van der Waals surface area contributed by atoms with E-state index in [-0.39, 0.29) is 18.0 Å². The van der Waals surface area contributed by atoms with Crippen molar-refractivity contribution in [1.29, 1.82) is 0 Å². The molecule has 0 saturated heterocycles. The maximum Gasteiger partial charge on any atom is 0.264 e. The maximum absolute atomic E-state index is 13.4. The summed E-state index contributed by atoms with van der Waals surface area (Å²) >= 11 is 6.13. The lowest BCUT2D eigenvalue weighted by Gasteiger charge is -2.24. The molecular formula is C23H23ClN2O4S. The summed E-state index contributed by atoms with van der Waals surface area (Å²) in [6.07, 6.45) is 0. The summed E-state index contributed by atoms with van der Waals surface area (Å²) in [6, 6.07) is 20.1.